The average Bonchev–Trinajstić information content (AvgIpc) is 2.52. The minimum atomic E-state index is -0.153. The molecular formula is C16H19NO2S. The summed E-state index contributed by atoms with van der Waals surface area (Å²) in [6.45, 7) is 0.339. The molecule has 1 atom stereocenters. The summed E-state index contributed by atoms with van der Waals surface area (Å²) in [5.41, 5.74) is 1.85. The van der Waals surface area contributed by atoms with Crippen molar-refractivity contribution in [2.45, 2.75) is 31.1 Å². The van der Waals surface area contributed by atoms with Gasteiger partial charge in [0.15, 0.2) is 0 Å². The molecule has 4 heteroatoms. The van der Waals surface area contributed by atoms with Crippen LogP contribution < -0.4 is 5.32 Å². The molecule has 2 N–H and O–H groups in total. The van der Waals surface area contributed by atoms with Crippen molar-refractivity contribution >= 4 is 17.7 Å². The first kappa shape index (κ1) is 15.0. The summed E-state index contributed by atoms with van der Waals surface area (Å²) in [5.74, 6) is 6.76. The van der Waals surface area contributed by atoms with Crippen LogP contribution in [0.5, 0.6) is 0 Å². The van der Waals surface area contributed by atoms with Gasteiger partial charge in [0, 0.05) is 12.1 Å². The van der Waals surface area contributed by atoms with Crippen molar-refractivity contribution in [3.63, 3.8) is 0 Å². The van der Waals surface area contributed by atoms with Crippen molar-refractivity contribution in [3.05, 3.63) is 35.4 Å². The van der Waals surface area contributed by atoms with Crippen LogP contribution in [-0.2, 0) is 11.3 Å². The molecule has 106 valence electrons. The molecule has 2 rings (SSSR count). The lowest BCUT2D eigenvalue weighted by molar-refractivity contribution is -0.120. The van der Waals surface area contributed by atoms with Gasteiger partial charge in [-0.15, -0.1) is 11.8 Å². The second-order valence-corrected chi connectivity index (χ2v) is 6.00. The molecule has 1 unspecified atom stereocenters. The van der Waals surface area contributed by atoms with Crippen molar-refractivity contribution in [1.82, 2.24) is 5.32 Å². The molecule has 1 heterocycles. The second kappa shape index (κ2) is 7.98. The number of aliphatic hydroxyl groups is 1. The zero-order valence-electron chi connectivity index (χ0n) is 11.4. The number of hydrogen-bond donors (Lipinski definition) is 2. The number of carbonyl (C=O) groups is 1. The van der Waals surface area contributed by atoms with Crippen molar-refractivity contribution in [2.75, 3.05) is 12.4 Å². The number of hydrogen-bond acceptors (Lipinski definition) is 3. The van der Waals surface area contributed by atoms with Crippen LogP contribution in [0.1, 0.15) is 30.4 Å². The van der Waals surface area contributed by atoms with Gasteiger partial charge in [-0.3, -0.25) is 4.79 Å². The van der Waals surface area contributed by atoms with E-state index in [4.69, 9.17) is 5.11 Å². The Labute approximate surface area is 124 Å². The van der Waals surface area contributed by atoms with Crippen molar-refractivity contribution in [1.29, 1.82) is 0 Å². The number of rotatable bonds is 3. The summed E-state index contributed by atoms with van der Waals surface area (Å²) in [6, 6.07) is 7.69. The average molecular weight is 289 g/mol. The summed E-state index contributed by atoms with van der Waals surface area (Å²) in [6.07, 6.45) is 3.33. The van der Waals surface area contributed by atoms with E-state index < -0.39 is 0 Å². The number of amides is 1. The SMILES string of the molecule is O=C(NCc1ccccc1C#CCO)C1CCCCS1. The van der Waals surface area contributed by atoms with Crippen molar-refractivity contribution in [3.8, 4) is 11.8 Å². The Morgan fingerprint density at radius 3 is 3.00 bits per heavy atom. The third-order valence-electron chi connectivity index (χ3n) is 3.24. The first-order chi connectivity index (χ1) is 9.81. The standard InChI is InChI=1S/C16H19NO2S/c18-10-5-8-13-6-1-2-7-14(13)12-17-16(19)15-9-3-4-11-20-15/h1-2,6-7,15,18H,3-4,9-12H2,(H,17,19). The fourth-order valence-corrected chi connectivity index (χ4v) is 3.40. The molecule has 0 spiro atoms. The largest absolute Gasteiger partial charge is 0.384 e. The highest BCUT2D eigenvalue weighted by molar-refractivity contribution is 8.00. The number of aliphatic hydroxyl groups excluding tert-OH is 1. The molecule has 3 nitrogen and oxygen atoms in total. The van der Waals surface area contributed by atoms with Gasteiger partial charge in [-0.05, 0) is 30.2 Å². The maximum atomic E-state index is 12.1. The molecular weight excluding hydrogens is 270 g/mol. The first-order valence-corrected chi connectivity index (χ1v) is 7.93. The van der Waals surface area contributed by atoms with Gasteiger partial charge in [0.25, 0.3) is 0 Å². The molecule has 1 aliphatic heterocycles. The highest BCUT2D eigenvalue weighted by atomic mass is 32.2. The predicted octanol–water partition coefficient (Wildman–Crippen LogP) is 1.93. The van der Waals surface area contributed by atoms with Crippen LogP contribution in [0.25, 0.3) is 0 Å². The lowest BCUT2D eigenvalue weighted by Gasteiger charge is -2.20. The third kappa shape index (κ3) is 4.29. The highest BCUT2D eigenvalue weighted by Crippen LogP contribution is 2.25. The van der Waals surface area contributed by atoms with Gasteiger partial charge in [0.05, 0.1) is 5.25 Å². The minimum Gasteiger partial charge on any atom is -0.384 e. The molecule has 1 amide bonds. The Bertz CT molecular complexity index is 513. The first-order valence-electron chi connectivity index (χ1n) is 6.88. The molecule has 0 bridgehead atoms. The van der Waals surface area contributed by atoms with Gasteiger partial charge in [-0.25, -0.2) is 0 Å². The molecule has 0 radical (unpaired) electrons. The topological polar surface area (TPSA) is 49.3 Å². The molecule has 0 aliphatic carbocycles. The molecule has 20 heavy (non-hydrogen) atoms. The zero-order chi connectivity index (χ0) is 14.2. The lowest BCUT2D eigenvalue weighted by Crippen LogP contribution is -2.33. The second-order valence-electron chi connectivity index (χ2n) is 4.69. The van der Waals surface area contributed by atoms with E-state index in [1.807, 2.05) is 24.3 Å². The van der Waals surface area contributed by atoms with E-state index in [-0.39, 0.29) is 17.8 Å². The van der Waals surface area contributed by atoms with Gasteiger partial charge in [-0.2, -0.15) is 0 Å². The third-order valence-corrected chi connectivity index (χ3v) is 4.62. The van der Waals surface area contributed by atoms with E-state index in [2.05, 4.69) is 17.2 Å². The maximum absolute atomic E-state index is 12.1. The summed E-state index contributed by atoms with van der Waals surface area (Å²) < 4.78 is 0. The summed E-state index contributed by atoms with van der Waals surface area (Å²) in [4.78, 5) is 12.1. The number of nitrogens with one attached hydrogen (secondary N) is 1. The van der Waals surface area contributed by atoms with E-state index in [0.29, 0.717) is 6.54 Å². The lowest BCUT2D eigenvalue weighted by atomic mass is 10.1. The number of thioether (sulfide) groups is 1. The van der Waals surface area contributed by atoms with E-state index in [1.165, 1.54) is 6.42 Å². The van der Waals surface area contributed by atoms with Crippen LogP contribution in [0.3, 0.4) is 0 Å². The molecule has 0 saturated carbocycles. The van der Waals surface area contributed by atoms with E-state index in [1.54, 1.807) is 11.8 Å². The monoisotopic (exact) mass is 289 g/mol. The summed E-state index contributed by atoms with van der Waals surface area (Å²) in [5, 5.41) is 11.9. The summed E-state index contributed by atoms with van der Waals surface area (Å²) in [7, 11) is 0. The minimum absolute atomic E-state index is 0.0967. The van der Waals surface area contributed by atoms with Crippen molar-refractivity contribution in [2.24, 2.45) is 0 Å². The van der Waals surface area contributed by atoms with Crippen LogP contribution in [0, 0.1) is 11.8 Å². The van der Waals surface area contributed by atoms with Gasteiger partial charge in [0.1, 0.15) is 6.61 Å². The van der Waals surface area contributed by atoms with Crippen molar-refractivity contribution < 1.29 is 9.90 Å². The highest BCUT2D eigenvalue weighted by Gasteiger charge is 2.21. The molecule has 0 aromatic heterocycles. The number of benzene rings is 1. The predicted molar refractivity (Wildman–Crippen MR) is 82.3 cm³/mol. The molecule has 1 saturated heterocycles. The molecule has 1 fully saturated rings. The Hall–Kier alpha value is -1.44. The Morgan fingerprint density at radius 1 is 1.40 bits per heavy atom. The van der Waals surface area contributed by atoms with Crippen LogP contribution >= 0.6 is 11.8 Å². The normalized spacial score (nSPS) is 17.9. The number of carbonyl (C=O) groups excluding carboxylic acids is 1. The fourth-order valence-electron chi connectivity index (χ4n) is 2.17. The van der Waals surface area contributed by atoms with E-state index in [9.17, 15) is 4.79 Å². The van der Waals surface area contributed by atoms with Gasteiger partial charge in [-0.1, -0.05) is 36.5 Å². The fraction of sp³-hybridized carbons (Fsp3) is 0.438. The van der Waals surface area contributed by atoms with Crippen LogP contribution in [0.4, 0.5) is 0 Å². The van der Waals surface area contributed by atoms with Crippen LogP contribution in [-0.4, -0.2) is 28.6 Å². The quantitative estimate of drug-likeness (QED) is 0.836. The Balaban J connectivity index is 1.94. The molecule has 1 aromatic carbocycles. The Morgan fingerprint density at radius 2 is 2.25 bits per heavy atom. The molecule has 1 aromatic rings. The van der Waals surface area contributed by atoms with Crippen LogP contribution in [0.2, 0.25) is 0 Å². The van der Waals surface area contributed by atoms with E-state index >= 15 is 0 Å². The van der Waals surface area contributed by atoms with E-state index in [0.717, 1.165) is 29.7 Å². The van der Waals surface area contributed by atoms with Gasteiger partial charge < -0.3 is 10.4 Å². The zero-order valence-corrected chi connectivity index (χ0v) is 12.2. The smallest absolute Gasteiger partial charge is 0.233 e. The maximum Gasteiger partial charge on any atom is 0.233 e. The summed E-state index contributed by atoms with van der Waals surface area (Å²) >= 11 is 1.75. The van der Waals surface area contributed by atoms with Gasteiger partial charge in [0.2, 0.25) is 5.91 Å². The van der Waals surface area contributed by atoms with Gasteiger partial charge >= 0.3 is 0 Å². The van der Waals surface area contributed by atoms with Crippen LogP contribution in [0.15, 0.2) is 24.3 Å². The molecule has 1 aliphatic rings. The Kier molecular flexibility index (Phi) is 5.97.